The number of hydrogen-bond acceptors (Lipinski definition) is 4. The second-order valence-electron chi connectivity index (χ2n) is 4.97. The number of fused-ring (bicyclic) bond motifs is 1. The van der Waals surface area contributed by atoms with E-state index in [1.807, 2.05) is 0 Å². The zero-order valence-corrected chi connectivity index (χ0v) is 10.8. The summed E-state index contributed by atoms with van der Waals surface area (Å²) in [5.74, 6) is -0.584. The Bertz CT molecular complexity index is 409. The molecule has 1 atom stereocenters. The first kappa shape index (κ1) is 14.2. The maximum atomic E-state index is 10.7. The molecule has 18 heavy (non-hydrogen) atoms. The van der Waals surface area contributed by atoms with Gasteiger partial charge in [0, 0.05) is 18.2 Å². The molecule has 1 aromatic carbocycles. The van der Waals surface area contributed by atoms with Gasteiger partial charge in [0.05, 0.1) is 0 Å². The summed E-state index contributed by atoms with van der Waals surface area (Å²) in [6.07, 6.45) is 0.318. The fraction of sp³-hybridized carbons (Fsp3) is 0.462. The van der Waals surface area contributed by atoms with Gasteiger partial charge in [0.15, 0.2) is 11.5 Å². The van der Waals surface area contributed by atoms with E-state index in [2.05, 4.69) is 26.1 Å². The summed E-state index contributed by atoms with van der Waals surface area (Å²) < 4.78 is 0. The molecule has 1 heterocycles. The summed E-state index contributed by atoms with van der Waals surface area (Å²) in [5, 5.41) is 29.8. The molecular weight excluding hydrogens is 234 g/mol. The Labute approximate surface area is 106 Å². The van der Waals surface area contributed by atoms with Gasteiger partial charge in [-0.2, -0.15) is 0 Å². The molecule has 0 amide bonds. The highest BCUT2D eigenvalue weighted by atomic mass is 16.4. The molecule has 0 bridgehead atoms. The average molecular weight is 253 g/mol. The SMILES string of the molecule is CC(C)C.O=C(O)C1Cc2cc(O)c(O)cc2N1. The fourth-order valence-corrected chi connectivity index (χ4v) is 1.53. The van der Waals surface area contributed by atoms with Crippen LogP contribution in [0.2, 0.25) is 0 Å². The molecule has 0 aromatic heterocycles. The number of benzene rings is 1. The van der Waals surface area contributed by atoms with Crippen molar-refractivity contribution in [2.24, 2.45) is 5.92 Å². The lowest BCUT2D eigenvalue weighted by Crippen LogP contribution is -2.26. The Balaban J connectivity index is 0.000000357. The van der Waals surface area contributed by atoms with Gasteiger partial charge in [0.1, 0.15) is 6.04 Å². The third-order valence-electron chi connectivity index (χ3n) is 2.25. The van der Waals surface area contributed by atoms with E-state index in [1.165, 1.54) is 12.1 Å². The van der Waals surface area contributed by atoms with E-state index >= 15 is 0 Å². The molecular formula is C13H19NO4. The van der Waals surface area contributed by atoms with Crippen molar-refractivity contribution >= 4 is 11.7 Å². The largest absolute Gasteiger partial charge is 0.504 e. The third-order valence-corrected chi connectivity index (χ3v) is 2.25. The van der Waals surface area contributed by atoms with Gasteiger partial charge in [-0.1, -0.05) is 20.8 Å². The number of hydrogen-bond donors (Lipinski definition) is 4. The minimum absolute atomic E-state index is 0.225. The maximum Gasteiger partial charge on any atom is 0.326 e. The highest BCUT2D eigenvalue weighted by molar-refractivity contribution is 5.82. The Morgan fingerprint density at radius 3 is 2.28 bits per heavy atom. The predicted molar refractivity (Wildman–Crippen MR) is 69.0 cm³/mol. The maximum absolute atomic E-state index is 10.7. The van der Waals surface area contributed by atoms with Gasteiger partial charge < -0.3 is 20.6 Å². The van der Waals surface area contributed by atoms with E-state index in [1.54, 1.807) is 0 Å². The molecule has 4 N–H and O–H groups in total. The number of rotatable bonds is 1. The minimum atomic E-state index is -0.944. The van der Waals surface area contributed by atoms with Gasteiger partial charge in [-0.3, -0.25) is 0 Å². The van der Waals surface area contributed by atoms with Crippen LogP contribution >= 0.6 is 0 Å². The van der Waals surface area contributed by atoms with E-state index in [0.717, 1.165) is 5.92 Å². The fourth-order valence-electron chi connectivity index (χ4n) is 1.53. The summed E-state index contributed by atoms with van der Waals surface area (Å²) in [5.41, 5.74) is 1.26. The summed E-state index contributed by atoms with van der Waals surface area (Å²) in [7, 11) is 0. The van der Waals surface area contributed by atoms with Crippen LogP contribution in [0.25, 0.3) is 0 Å². The first-order chi connectivity index (χ1) is 8.31. The van der Waals surface area contributed by atoms with Crippen molar-refractivity contribution < 1.29 is 20.1 Å². The quantitative estimate of drug-likeness (QED) is 0.455. The van der Waals surface area contributed by atoms with Gasteiger partial charge in [-0.05, 0) is 17.5 Å². The highest BCUT2D eigenvalue weighted by Crippen LogP contribution is 2.35. The molecule has 0 aliphatic carbocycles. The number of nitrogens with one attached hydrogen (secondary N) is 1. The lowest BCUT2D eigenvalue weighted by molar-refractivity contribution is -0.137. The molecule has 5 heteroatoms. The van der Waals surface area contributed by atoms with E-state index in [-0.39, 0.29) is 11.5 Å². The van der Waals surface area contributed by atoms with Crippen LogP contribution in [0.5, 0.6) is 11.5 Å². The van der Waals surface area contributed by atoms with Crippen LogP contribution in [0, 0.1) is 5.92 Å². The molecule has 0 saturated carbocycles. The smallest absolute Gasteiger partial charge is 0.326 e. The Morgan fingerprint density at radius 2 is 1.78 bits per heavy atom. The minimum Gasteiger partial charge on any atom is -0.504 e. The van der Waals surface area contributed by atoms with Crippen LogP contribution in [0.15, 0.2) is 12.1 Å². The number of phenolic OH excluding ortho intramolecular Hbond substituents is 2. The monoisotopic (exact) mass is 253 g/mol. The zero-order chi connectivity index (χ0) is 13.9. The topological polar surface area (TPSA) is 89.8 Å². The van der Waals surface area contributed by atoms with E-state index < -0.39 is 12.0 Å². The van der Waals surface area contributed by atoms with Crippen molar-refractivity contribution in [3.05, 3.63) is 17.7 Å². The van der Waals surface area contributed by atoms with Gasteiger partial charge in [-0.25, -0.2) is 4.79 Å². The number of aliphatic carboxylic acids is 1. The van der Waals surface area contributed by atoms with E-state index in [4.69, 9.17) is 5.11 Å². The second kappa shape index (κ2) is 5.62. The second-order valence-corrected chi connectivity index (χ2v) is 4.97. The lowest BCUT2D eigenvalue weighted by Gasteiger charge is -2.04. The Kier molecular flexibility index (Phi) is 4.42. The van der Waals surface area contributed by atoms with Crippen LogP contribution in [-0.2, 0) is 11.2 Å². The van der Waals surface area contributed by atoms with Crippen molar-refractivity contribution in [1.82, 2.24) is 0 Å². The molecule has 1 aliphatic rings. The number of anilines is 1. The molecule has 0 fully saturated rings. The van der Waals surface area contributed by atoms with E-state index in [9.17, 15) is 15.0 Å². The molecule has 0 radical (unpaired) electrons. The van der Waals surface area contributed by atoms with Crippen molar-refractivity contribution in [3.63, 3.8) is 0 Å². The van der Waals surface area contributed by atoms with Crippen molar-refractivity contribution in [3.8, 4) is 11.5 Å². The normalized spacial score (nSPS) is 16.6. The number of carbonyl (C=O) groups is 1. The first-order valence-electron chi connectivity index (χ1n) is 5.85. The van der Waals surface area contributed by atoms with E-state index in [0.29, 0.717) is 17.7 Å². The zero-order valence-electron chi connectivity index (χ0n) is 10.8. The summed E-state index contributed by atoms with van der Waals surface area (Å²) in [6, 6.07) is 2.03. The van der Waals surface area contributed by atoms with Gasteiger partial charge >= 0.3 is 5.97 Å². The number of phenols is 2. The number of carboxylic acids is 1. The first-order valence-corrected chi connectivity index (χ1v) is 5.85. The molecule has 100 valence electrons. The molecule has 0 saturated heterocycles. The van der Waals surface area contributed by atoms with Crippen LogP contribution in [0.3, 0.4) is 0 Å². The van der Waals surface area contributed by atoms with Crippen molar-refractivity contribution in [2.75, 3.05) is 5.32 Å². The summed E-state index contributed by atoms with van der Waals surface area (Å²) >= 11 is 0. The van der Waals surface area contributed by atoms with Crippen LogP contribution < -0.4 is 5.32 Å². The summed E-state index contributed by atoms with van der Waals surface area (Å²) in [6.45, 7) is 6.50. The predicted octanol–water partition coefficient (Wildman–Crippen LogP) is 2.18. The molecule has 0 spiro atoms. The molecule has 1 aromatic rings. The number of aromatic hydroxyl groups is 2. The molecule has 1 unspecified atom stereocenters. The Hall–Kier alpha value is -1.91. The van der Waals surface area contributed by atoms with Crippen LogP contribution in [0.1, 0.15) is 26.3 Å². The van der Waals surface area contributed by atoms with Crippen LogP contribution in [-0.4, -0.2) is 27.3 Å². The average Bonchev–Trinajstić information content (AvgIpc) is 2.60. The lowest BCUT2D eigenvalue weighted by atomic mass is 10.1. The highest BCUT2D eigenvalue weighted by Gasteiger charge is 2.27. The third kappa shape index (κ3) is 3.55. The van der Waals surface area contributed by atoms with Gasteiger partial charge in [-0.15, -0.1) is 0 Å². The molecule has 2 rings (SSSR count). The van der Waals surface area contributed by atoms with Crippen LogP contribution in [0.4, 0.5) is 5.69 Å². The standard InChI is InChI=1S/C9H9NO4.C4H10/c11-7-2-4-1-6(9(13)14)10-5(4)3-8(7)12;1-4(2)3/h2-3,6,10-12H,1H2,(H,13,14);4H,1-3H3. The van der Waals surface area contributed by atoms with Crippen molar-refractivity contribution in [1.29, 1.82) is 0 Å². The number of carboxylic acid groups (broad SMARTS) is 1. The van der Waals surface area contributed by atoms with Gasteiger partial charge in [0.2, 0.25) is 0 Å². The molecule has 5 nitrogen and oxygen atoms in total. The molecule has 1 aliphatic heterocycles. The summed E-state index contributed by atoms with van der Waals surface area (Å²) in [4.78, 5) is 10.7. The Morgan fingerprint density at radius 1 is 1.28 bits per heavy atom. The van der Waals surface area contributed by atoms with Crippen molar-refractivity contribution in [2.45, 2.75) is 33.2 Å². The van der Waals surface area contributed by atoms with Gasteiger partial charge in [0.25, 0.3) is 0 Å².